The van der Waals surface area contributed by atoms with Crippen LogP contribution in [0.3, 0.4) is 0 Å². The van der Waals surface area contributed by atoms with Crippen LogP contribution in [0.5, 0.6) is 17.2 Å². The van der Waals surface area contributed by atoms with Crippen LogP contribution >= 0.6 is 0 Å². The topological polar surface area (TPSA) is 57.2 Å². The third-order valence-corrected chi connectivity index (χ3v) is 4.81. The van der Waals surface area contributed by atoms with Crippen molar-refractivity contribution in [3.63, 3.8) is 0 Å². The van der Waals surface area contributed by atoms with Gasteiger partial charge in [-0.05, 0) is 39.8 Å². The summed E-state index contributed by atoms with van der Waals surface area (Å²) in [6.45, 7) is 7.98. The quantitative estimate of drug-likeness (QED) is 0.845. The summed E-state index contributed by atoms with van der Waals surface area (Å²) in [6.07, 6.45) is -0.0515. The first kappa shape index (κ1) is 18.4. The Balaban J connectivity index is 2.45. The van der Waals surface area contributed by atoms with Gasteiger partial charge < -0.3 is 23.8 Å². The highest BCUT2D eigenvalue weighted by molar-refractivity contribution is 5.96. The Hall–Kier alpha value is -1.95. The fraction of sp³-hybridized carbons (Fsp3) is 0.611. The lowest BCUT2D eigenvalue weighted by Crippen LogP contribution is -2.59. The van der Waals surface area contributed by atoms with E-state index in [4.69, 9.17) is 18.9 Å². The molecule has 1 aliphatic heterocycles. The number of hydrogen-bond acceptors (Lipinski definition) is 5. The lowest BCUT2D eigenvalue weighted by molar-refractivity contribution is -0.114. The summed E-state index contributed by atoms with van der Waals surface area (Å²) in [5.74, 6) is 1.34. The second-order valence-corrected chi connectivity index (χ2v) is 6.15. The predicted octanol–water partition coefficient (Wildman–Crippen LogP) is 2.74. The Labute approximate surface area is 143 Å². The minimum Gasteiger partial charge on any atom is -0.493 e. The lowest BCUT2D eigenvalue weighted by atomic mass is 10.0. The average Bonchev–Trinajstić information content (AvgIpc) is 2.58. The van der Waals surface area contributed by atoms with E-state index < -0.39 is 0 Å². The van der Waals surface area contributed by atoms with Gasteiger partial charge in [0.2, 0.25) is 5.75 Å². The van der Waals surface area contributed by atoms with E-state index in [1.807, 2.05) is 32.6 Å². The van der Waals surface area contributed by atoms with Gasteiger partial charge in [0.25, 0.3) is 5.91 Å². The van der Waals surface area contributed by atoms with Gasteiger partial charge in [0.05, 0.1) is 45.6 Å². The smallest absolute Gasteiger partial charge is 0.254 e. The monoisotopic (exact) mass is 337 g/mol. The zero-order chi connectivity index (χ0) is 18.0. The molecule has 0 N–H and O–H groups in total. The summed E-state index contributed by atoms with van der Waals surface area (Å²) in [4.78, 5) is 15.0. The molecule has 1 aliphatic rings. The van der Waals surface area contributed by atoms with Crippen molar-refractivity contribution in [3.8, 4) is 17.2 Å². The largest absolute Gasteiger partial charge is 0.493 e. The van der Waals surface area contributed by atoms with Gasteiger partial charge in [0, 0.05) is 5.56 Å². The van der Waals surface area contributed by atoms with Crippen molar-refractivity contribution in [1.82, 2.24) is 4.90 Å². The highest BCUT2D eigenvalue weighted by atomic mass is 16.5. The number of methoxy groups -OCH3 is 3. The maximum absolute atomic E-state index is 13.2. The summed E-state index contributed by atoms with van der Waals surface area (Å²) in [5.41, 5.74) is 0.504. The summed E-state index contributed by atoms with van der Waals surface area (Å²) in [7, 11) is 4.61. The average molecular weight is 337 g/mol. The number of nitrogens with zero attached hydrogens (tertiary/aromatic N) is 1. The van der Waals surface area contributed by atoms with Gasteiger partial charge in [-0.2, -0.15) is 0 Å². The standard InChI is InChI=1S/C18H27NO5/c1-10-12(3)24-13(4)11(2)19(10)18(20)14-8-15(21-5)17(23-7)16(9-14)22-6/h8-13H,1-7H3. The van der Waals surface area contributed by atoms with Crippen LogP contribution in [0.4, 0.5) is 0 Å². The van der Waals surface area contributed by atoms with Gasteiger partial charge >= 0.3 is 0 Å². The molecule has 1 aromatic carbocycles. The van der Waals surface area contributed by atoms with Crippen LogP contribution in [0.25, 0.3) is 0 Å². The molecular formula is C18H27NO5. The Morgan fingerprint density at radius 1 is 0.917 bits per heavy atom. The molecule has 1 fully saturated rings. The molecule has 2 rings (SSSR count). The van der Waals surface area contributed by atoms with Crippen molar-refractivity contribution in [1.29, 1.82) is 0 Å². The summed E-state index contributed by atoms with van der Waals surface area (Å²) in [5, 5.41) is 0. The Morgan fingerprint density at radius 2 is 1.38 bits per heavy atom. The molecule has 4 atom stereocenters. The van der Waals surface area contributed by atoms with Crippen LogP contribution in [0.2, 0.25) is 0 Å². The second-order valence-electron chi connectivity index (χ2n) is 6.15. The molecule has 0 bridgehead atoms. The van der Waals surface area contributed by atoms with E-state index in [1.165, 1.54) is 21.3 Å². The molecule has 0 saturated carbocycles. The van der Waals surface area contributed by atoms with Crippen LogP contribution < -0.4 is 14.2 Å². The van der Waals surface area contributed by atoms with Crippen molar-refractivity contribution in [2.75, 3.05) is 21.3 Å². The fourth-order valence-corrected chi connectivity index (χ4v) is 3.11. The highest BCUT2D eigenvalue weighted by Crippen LogP contribution is 2.39. The third-order valence-electron chi connectivity index (χ3n) is 4.81. The maximum Gasteiger partial charge on any atom is 0.254 e. The van der Waals surface area contributed by atoms with Crippen LogP contribution in [0.15, 0.2) is 12.1 Å². The molecule has 0 spiro atoms. The molecule has 6 heteroatoms. The fourth-order valence-electron chi connectivity index (χ4n) is 3.11. The predicted molar refractivity (Wildman–Crippen MR) is 91.2 cm³/mol. The van der Waals surface area contributed by atoms with Crippen molar-refractivity contribution in [2.24, 2.45) is 0 Å². The van der Waals surface area contributed by atoms with Crippen LogP contribution in [0, 0.1) is 0 Å². The van der Waals surface area contributed by atoms with Crippen LogP contribution in [-0.4, -0.2) is 56.4 Å². The second kappa shape index (κ2) is 7.30. The van der Waals surface area contributed by atoms with E-state index in [0.717, 1.165) is 0 Å². The molecule has 0 radical (unpaired) electrons. The number of hydrogen-bond donors (Lipinski definition) is 0. The van der Waals surface area contributed by atoms with Crippen molar-refractivity contribution in [2.45, 2.75) is 52.0 Å². The van der Waals surface area contributed by atoms with Crippen LogP contribution in [0.1, 0.15) is 38.1 Å². The molecule has 24 heavy (non-hydrogen) atoms. The summed E-state index contributed by atoms with van der Waals surface area (Å²) in [6, 6.07) is 3.33. The number of rotatable bonds is 4. The molecule has 1 heterocycles. The van der Waals surface area contributed by atoms with Gasteiger partial charge in [-0.25, -0.2) is 0 Å². The Morgan fingerprint density at radius 3 is 1.75 bits per heavy atom. The molecular weight excluding hydrogens is 310 g/mol. The zero-order valence-corrected chi connectivity index (χ0v) is 15.5. The molecule has 134 valence electrons. The van der Waals surface area contributed by atoms with E-state index in [-0.39, 0.29) is 30.2 Å². The lowest BCUT2D eigenvalue weighted by Gasteiger charge is -2.46. The van der Waals surface area contributed by atoms with E-state index in [2.05, 4.69) is 0 Å². The van der Waals surface area contributed by atoms with Crippen LogP contribution in [-0.2, 0) is 4.74 Å². The molecule has 1 amide bonds. The van der Waals surface area contributed by atoms with Gasteiger partial charge in [0.1, 0.15) is 0 Å². The minimum absolute atomic E-state index is 0.0252. The molecule has 1 saturated heterocycles. The Kier molecular flexibility index (Phi) is 5.59. The van der Waals surface area contributed by atoms with Crippen molar-refractivity contribution >= 4 is 5.91 Å². The van der Waals surface area contributed by atoms with Gasteiger partial charge in [-0.15, -0.1) is 0 Å². The zero-order valence-electron chi connectivity index (χ0n) is 15.5. The van der Waals surface area contributed by atoms with Crippen molar-refractivity contribution in [3.05, 3.63) is 17.7 Å². The number of morpholine rings is 1. The SMILES string of the molecule is COc1cc(C(=O)N2C(C)C(C)OC(C)C2C)cc(OC)c1OC. The first-order chi connectivity index (χ1) is 11.3. The summed E-state index contributed by atoms with van der Waals surface area (Å²) >= 11 is 0. The normalized spacial score (nSPS) is 26.9. The number of amides is 1. The van der Waals surface area contributed by atoms with E-state index in [1.54, 1.807) is 12.1 Å². The molecule has 6 nitrogen and oxygen atoms in total. The third kappa shape index (κ3) is 3.15. The first-order valence-electron chi connectivity index (χ1n) is 8.13. The van der Waals surface area contributed by atoms with Crippen molar-refractivity contribution < 1.29 is 23.7 Å². The molecule has 1 aromatic rings. The van der Waals surface area contributed by atoms with Gasteiger partial charge in [-0.1, -0.05) is 0 Å². The molecule has 0 aromatic heterocycles. The van der Waals surface area contributed by atoms with E-state index in [0.29, 0.717) is 22.8 Å². The number of benzene rings is 1. The van der Waals surface area contributed by atoms with Gasteiger partial charge in [-0.3, -0.25) is 4.79 Å². The van der Waals surface area contributed by atoms with E-state index >= 15 is 0 Å². The maximum atomic E-state index is 13.2. The highest BCUT2D eigenvalue weighted by Gasteiger charge is 2.38. The Bertz CT molecular complexity index is 564. The number of carbonyl (C=O) groups excluding carboxylic acids is 1. The molecule has 4 unspecified atom stereocenters. The molecule has 0 aliphatic carbocycles. The van der Waals surface area contributed by atoms with Gasteiger partial charge in [0.15, 0.2) is 11.5 Å². The minimum atomic E-state index is -0.0729. The summed E-state index contributed by atoms with van der Waals surface area (Å²) < 4.78 is 21.9. The van der Waals surface area contributed by atoms with E-state index in [9.17, 15) is 4.79 Å². The number of carbonyl (C=O) groups is 1. The first-order valence-corrected chi connectivity index (χ1v) is 8.13. The number of ether oxygens (including phenoxy) is 4.